The Bertz CT molecular complexity index is 563. The van der Waals surface area contributed by atoms with Gasteiger partial charge in [0.05, 0.1) is 0 Å². The van der Waals surface area contributed by atoms with Crippen LogP contribution in [0.5, 0.6) is 0 Å². The summed E-state index contributed by atoms with van der Waals surface area (Å²) in [4.78, 5) is 13.1. The van der Waals surface area contributed by atoms with Crippen LogP contribution in [-0.2, 0) is 6.42 Å². The molecule has 1 atom stereocenters. The molecule has 0 unspecified atom stereocenters. The van der Waals surface area contributed by atoms with Gasteiger partial charge in [0.15, 0.2) is 7.66 Å². The van der Waals surface area contributed by atoms with Crippen LogP contribution >= 0.6 is 90.4 Å². The summed E-state index contributed by atoms with van der Waals surface area (Å²) >= 11 is 8.98. The Hall–Kier alpha value is 1.15. The molecule has 0 saturated heterocycles. The number of halogens is 4. The Kier molecular flexibility index (Phi) is 6.45. The van der Waals surface area contributed by atoms with Gasteiger partial charge in [-0.25, -0.2) is 9.97 Å². The molecule has 0 N–H and O–H groups in total. The molecule has 2 rings (SSSR count). The Morgan fingerprint density at radius 2 is 1.42 bits per heavy atom. The summed E-state index contributed by atoms with van der Waals surface area (Å²) in [6, 6.07) is 6.61. The molecule has 100 valence electrons. The lowest BCUT2D eigenvalue weighted by Gasteiger charge is -2.11. The van der Waals surface area contributed by atoms with E-state index >= 15 is 0 Å². The first-order valence-electron chi connectivity index (χ1n) is 5.46. The van der Waals surface area contributed by atoms with E-state index in [2.05, 4.69) is 130 Å². The second-order valence-electron chi connectivity index (χ2n) is 4.11. The fraction of sp³-hybridized carbons (Fsp3) is 0.250. The topological polar surface area (TPSA) is 38.7 Å². The zero-order chi connectivity index (χ0) is 14.0. The molecule has 3 nitrogen and oxygen atoms in total. The Morgan fingerprint density at radius 3 is 1.95 bits per heavy atom. The van der Waals surface area contributed by atoms with E-state index < -0.39 is 0 Å². The van der Waals surface area contributed by atoms with Crippen LogP contribution in [0.3, 0.4) is 0 Å². The molecule has 1 heterocycles. The van der Waals surface area contributed by atoms with Gasteiger partial charge in [0.25, 0.3) is 0 Å². The standard InChI is InChI=1S/C12H9I4N3/c1-6(10-17-11(15)19-12(16)18-10)2-7-3-8(13)5-9(14)4-7/h3-6H,2H2,1H3/t6-/m1/s1. The van der Waals surface area contributed by atoms with E-state index in [1.807, 2.05) is 0 Å². The Morgan fingerprint density at radius 1 is 0.895 bits per heavy atom. The Balaban J connectivity index is 2.22. The zero-order valence-electron chi connectivity index (χ0n) is 9.87. The largest absolute Gasteiger partial charge is 0.207 e. The van der Waals surface area contributed by atoms with Crippen molar-refractivity contribution in [2.24, 2.45) is 0 Å². The van der Waals surface area contributed by atoms with Crippen molar-refractivity contribution in [3.05, 3.63) is 44.4 Å². The van der Waals surface area contributed by atoms with Crippen LogP contribution in [0, 0.1) is 14.8 Å². The number of rotatable bonds is 3. The third-order valence-electron chi connectivity index (χ3n) is 2.50. The smallest absolute Gasteiger partial charge is 0.194 e. The summed E-state index contributed by atoms with van der Waals surface area (Å²) in [5.41, 5.74) is 1.33. The molecule has 7 heteroatoms. The van der Waals surface area contributed by atoms with Gasteiger partial charge in [0.2, 0.25) is 0 Å². The minimum atomic E-state index is 0.291. The van der Waals surface area contributed by atoms with Crippen molar-refractivity contribution in [2.45, 2.75) is 19.3 Å². The van der Waals surface area contributed by atoms with Crippen molar-refractivity contribution < 1.29 is 0 Å². The van der Waals surface area contributed by atoms with Gasteiger partial charge in [-0.2, -0.15) is 4.98 Å². The van der Waals surface area contributed by atoms with E-state index in [1.54, 1.807) is 0 Å². The first-order valence-corrected chi connectivity index (χ1v) is 9.77. The van der Waals surface area contributed by atoms with E-state index in [4.69, 9.17) is 0 Å². The number of hydrogen-bond acceptors (Lipinski definition) is 3. The van der Waals surface area contributed by atoms with Crippen LogP contribution in [-0.4, -0.2) is 15.0 Å². The molecule has 0 amide bonds. The van der Waals surface area contributed by atoms with Crippen molar-refractivity contribution in [1.29, 1.82) is 0 Å². The maximum atomic E-state index is 4.43. The highest BCUT2D eigenvalue weighted by Gasteiger charge is 2.13. The summed E-state index contributed by atoms with van der Waals surface area (Å²) in [6.45, 7) is 2.16. The quantitative estimate of drug-likeness (QED) is 0.438. The number of benzene rings is 1. The minimum absolute atomic E-state index is 0.291. The summed E-state index contributed by atoms with van der Waals surface area (Å²) in [6.07, 6.45) is 0.947. The van der Waals surface area contributed by atoms with Crippen molar-refractivity contribution >= 4 is 90.4 Å². The highest BCUT2D eigenvalue weighted by atomic mass is 127. The predicted octanol–water partition coefficient (Wildman–Crippen LogP) is 4.64. The van der Waals surface area contributed by atoms with Gasteiger partial charge in [-0.05, 0) is 75.4 Å². The summed E-state index contributed by atoms with van der Waals surface area (Å²) in [5, 5.41) is 0. The lowest BCUT2D eigenvalue weighted by Crippen LogP contribution is -2.08. The van der Waals surface area contributed by atoms with Gasteiger partial charge in [-0.1, -0.05) is 6.92 Å². The monoisotopic (exact) mass is 703 g/mol. The zero-order valence-corrected chi connectivity index (χ0v) is 18.5. The van der Waals surface area contributed by atoms with Crippen molar-refractivity contribution in [3.63, 3.8) is 0 Å². The molecule has 0 saturated carbocycles. The number of hydrogen-bond donors (Lipinski definition) is 0. The number of aromatic nitrogens is 3. The van der Waals surface area contributed by atoms with Crippen molar-refractivity contribution in [3.8, 4) is 0 Å². The molecule has 0 radical (unpaired) electrons. The lowest BCUT2D eigenvalue weighted by molar-refractivity contribution is 0.677. The van der Waals surface area contributed by atoms with Crippen LogP contribution in [0.25, 0.3) is 0 Å². The normalized spacial score (nSPS) is 12.5. The molecule has 0 fully saturated rings. The van der Waals surface area contributed by atoms with E-state index in [-0.39, 0.29) is 0 Å². The van der Waals surface area contributed by atoms with Gasteiger partial charge in [0, 0.05) is 58.2 Å². The Labute approximate surface area is 166 Å². The average Bonchev–Trinajstić information content (AvgIpc) is 2.25. The first kappa shape index (κ1) is 16.5. The van der Waals surface area contributed by atoms with Gasteiger partial charge in [-0.3, -0.25) is 0 Å². The van der Waals surface area contributed by atoms with E-state index in [1.165, 1.54) is 12.7 Å². The predicted molar refractivity (Wildman–Crippen MR) is 109 cm³/mol. The highest BCUT2D eigenvalue weighted by molar-refractivity contribution is 14.1. The molecule has 2 aromatic rings. The van der Waals surface area contributed by atoms with Crippen LogP contribution in [0.2, 0.25) is 0 Å². The molecule has 0 aliphatic rings. The molecular weight excluding hydrogens is 694 g/mol. The molecule has 0 aliphatic carbocycles. The summed E-state index contributed by atoms with van der Waals surface area (Å²) in [7, 11) is 0. The number of nitrogens with zero attached hydrogens (tertiary/aromatic N) is 3. The molecule has 1 aromatic carbocycles. The fourth-order valence-electron chi connectivity index (χ4n) is 1.73. The fourth-order valence-corrected chi connectivity index (χ4v) is 5.21. The van der Waals surface area contributed by atoms with Crippen LogP contribution < -0.4 is 0 Å². The van der Waals surface area contributed by atoms with E-state index in [0.717, 1.165) is 19.9 Å². The van der Waals surface area contributed by atoms with Gasteiger partial charge in [0.1, 0.15) is 5.82 Å². The molecular formula is C12H9I4N3. The molecule has 1 aromatic heterocycles. The van der Waals surface area contributed by atoms with E-state index in [9.17, 15) is 0 Å². The lowest BCUT2D eigenvalue weighted by atomic mass is 10.0. The highest BCUT2D eigenvalue weighted by Crippen LogP contribution is 2.21. The molecule has 0 aliphatic heterocycles. The molecule has 0 bridgehead atoms. The van der Waals surface area contributed by atoms with E-state index in [0.29, 0.717) is 5.92 Å². The third-order valence-corrected chi connectivity index (χ3v) is 4.71. The minimum Gasteiger partial charge on any atom is -0.207 e. The van der Waals surface area contributed by atoms with Crippen LogP contribution in [0.4, 0.5) is 0 Å². The van der Waals surface area contributed by atoms with Crippen LogP contribution in [0.15, 0.2) is 18.2 Å². The van der Waals surface area contributed by atoms with Gasteiger partial charge in [-0.15, -0.1) is 0 Å². The second-order valence-corrected chi connectivity index (χ2v) is 8.54. The molecule has 19 heavy (non-hydrogen) atoms. The SMILES string of the molecule is C[C@H](Cc1cc(I)cc(I)c1)c1nc(I)nc(I)n1. The maximum Gasteiger partial charge on any atom is 0.194 e. The van der Waals surface area contributed by atoms with Gasteiger partial charge >= 0.3 is 0 Å². The summed E-state index contributed by atoms with van der Waals surface area (Å²) in [5.74, 6) is 1.16. The first-order chi connectivity index (χ1) is 8.94. The van der Waals surface area contributed by atoms with Crippen molar-refractivity contribution in [2.75, 3.05) is 0 Å². The second kappa shape index (κ2) is 7.42. The maximum absolute atomic E-state index is 4.43. The third kappa shape index (κ3) is 5.13. The average molecular weight is 703 g/mol. The molecule has 0 spiro atoms. The van der Waals surface area contributed by atoms with Crippen LogP contribution in [0.1, 0.15) is 24.2 Å². The van der Waals surface area contributed by atoms with Gasteiger partial charge < -0.3 is 0 Å². The summed E-state index contributed by atoms with van der Waals surface area (Å²) < 4.78 is 4.06. The van der Waals surface area contributed by atoms with Crippen molar-refractivity contribution in [1.82, 2.24) is 15.0 Å².